The molecule has 0 amide bonds. The summed E-state index contributed by atoms with van der Waals surface area (Å²) >= 11 is 1.93. The zero-order chi connectivity index (χ0) is 14.2. The van der Waals surface area contributed by atoms with Crippen LogP contribution in [0.2, 0.25) is 0 Å². The van der Waals surface area contributed by atoms with Crippen molar-refractivity contribution in [3.05, 3.63) is 46.9 Å². The van der Waals surface area contributed by atoms with Crippen molar-refractivity contribution in [1.82, 2.24) is 15.2 Å². The van der Waals surface area contributed by atoms with Gasteiger partial charge in [0.2, 0.25) is 0 Å². The van der Waals surface area contributed by atoms with Crippen LogP contribution < -0.4 is 10.9 Å². The first-order valence-electron chi connectivity index (χ1n) is 6.89. The van der Waals surface area contributed by atoms with E-state index in [-0.39, 0.29) is 5.56 Å². The standard InChI is InChI=1S/C15H14N4OS/c20-15-13-12(7-8-16-15)18-19-14(13)17-9-1-3-10(4-2-9)21-11-5-6-11/h1-4,7-8,11H,5-6H2,(H,16,20)(H2,17,18,19). The maximum Gasteiger partial charge on any atom is 0.261 e. The SMILES string of the molecule is O=c1[nH]ccc2[nH]nc(Nc3ccc(SC4CC4)cc3)c12. The molecule has 0 spiro atoms. The van der Waals surface area contributed by atoms with E-state index in [1.54, 1.807) is 12.3 Å². The summed E-state index contributed by atoms with van der Waals surface area (Å²) in [6, 6.07) is 10.0. The Balaban J connectivity index is 1.60. The molecule has 21 heavy (non-hydrogen) atoms. The van der Waals surface area contributed by atoms with Crippen molar-refractivity contribution in [3.8, 4) is 0 Å². The van der Waals surface area contributed by atoms with Crippen molar-refractivity contribution in [2.45, 2.75) is 23.0 Å². The van der Waals surface area contributed by atoms with Gasteiger partial charge < -0.3 is 10.3 Å². The van der Waals surface area contributed by atoms with Crippen LogP contribution in [0.4, 0.5) is 11.5 Å². The molecule has 1 saturated carbocycles. The maximum atomic E-state index is 11.9. The molecule has 1 aliphatic rings. The highest BCUT2D eigenvalue weighted by molar-refractivity contribution is 8.00. The lowest BCUT2D eigenvalue weighted by molar-refractivity contribution is 1.12. The topological polar surface area (TPSA) is 73.6 Å². The van der Waals surface area contributed by atoms with Gasteiger partial charge >= 0.3 is 0 Å². The fourth-order valence-electron chi connectivity index (χ4n) is 2.20. The van der Waals surface area contributed by atoms with E-state index in [4.69, 9.17) is 0 Å². The minimum Gasteiger partial charge on any atom is -0.338 e. The number of fused-ring (bicyclic) bond motifs is 1. The summed E-state index contributed by atoms with van der Waals surface area (Å²) in [4.78, 5) is 15.8. The quantitative estimate of drug-likeness (QED) is 0.691. The molecule has 5 nitrogen and oxygen atoms in total. The highest BCUT2D eigenvalue weighted by atomic mass is 32.2. The second-order valence-electron chi connectivity index (χ2n) is 5.13. The second kappa shape index (κ2) is 4.96. The van der Waals surface area contributed by atoms with Gasteiger partial charge in [-0.2, -0.15) is 5.10 Å². The Kier molecular flexibility index (Phi) is 2.96. The number of nitrogens with zero attached hydrogens (tertiary/aromatic N) is 1. The molecule has 2 heterocycles. The largest absolute Gasteiger partial charge is 0.338 e. The van der Waals surface area contributed by atoms with Crippen LogP contribution in [0.1, 0.15) is 12.8 Å². The Hall–Kier alpha value is -2.21. The van der Waals surface area contributed by atoms with Gasteiger partial charge in [-0.25, -0.2) is 0 Å². The van der Waals surface area contributed by atoms with Crippen LogP contribution in [-0.2, 0) is 0 Å². The van der Waals surface area contributed by atoms with Gasteiger partial charge in [0.1, 0.15) is 5.39 Å². The molecular formula is C15H14N4OS. The van der Waals surface area contributed by atoms with Crippen LogP contribution in [0.5, 0.6) is 0 Å². The lowest BCUT2D eigenvalue weighted by Crippen LogP contribution is -2.05. The van der Waals surface area contributed by atoms with Crippen molar-refractivity contribution in [1.29, 1.82) is 0 Å². The molecule has 0 atom stereocenters. The lowest BCUT2D eigenvalue weighted by Gasteiger charge is -2.05. The van der Waals surface area contributed by atoms with Crippen molar-refractivity contribution in [2.24, 2.45) is 0 Å². The summed E-state index contributed by atoms with van der Waals surface area (Å²) in [6.07, 6.45) is 4.26. The summed E-state index contributed by atoms with van der Waals surface area (Å²) in [5.74, 6) is 0.550. The van der Waals surface area contributed by atoms with E-state index < -0.39 is 0 Å². The highest BCUT2D eigenvalue weighted by Crippen LogP contribution is 2.39. The summed E-state index contributed by atoms with van der Waals surface area (Å²) in [5, 5.41) is 11.6. The molecule has 1 aliphatic carbocycles. The summed E-state index contributed by atoms with van der Waals surface area (Å²) in [5.41, 5.74) is 1.50. The van der Waals surface area contributed by atoms with Crippen LogP contribution in [0.25, 0.3) is 10.9 Å². The minimum absolute atomic E-state index is 0.148. The van der Waals surface area contributed by atoms with Crippen LogP contribution in [0, 0.1) is 0 Å². The maximum absolute atomic E-state index is 11.9. The molecule has 6 heteroatoms. The van der Waals surface area contributed by atoms with Gasteiger partial charge in [-0.3, -0.25) is 9.89 Å². The number of H-pyrrole nitrogens is 2. The van der Waals surface area contributed by atoms with Crippen molar-refractivity contribution in [2.75, 3.05) is 5.32 Å². The number of hydrogen-bond acceptors (Lipinski definition) is 4. The average Bonchev–Trinajstić information content (AvgIpc) is 3.21. The molecule has 3 N–H and O–H groups in total. The predicted molar refractivity (Wildman–Crippen MR) is 85.3 cm³/mol. The van der Waals surface area contributed by atoms with E-state index in [9.17, 15) is 4.79 Å². The first kappa shape index (κ1) is 12.5. The van der Waals surface area contributed by atoms with E-state index in [1.165, 1.54) is 17.7 Å². The highest BCUT2D eigenvalue weighted by Gasteiger charge is 2.22. The Morgan fingerprint density at radius 2 is 2.00 bits per heavy atom. The Bertz CT molecular complexity index is 833. The first-order chi connectivity index (χ1) is 10.3. The van der Waals surface area contributed by atoms with E-state index in [0.717, 1.165) is 16.5 Å². The molecule has 1 fully saturated rings. The zero-order valence-corrected chi connectivity index (χ0v) is 12.0. The second-order valence-corrected chi connectivity index (χ2v) is 6.51. The predicted octanol–water partition coefficient (Wildman–Crippen LogP) is 3.25. The first-order valence-corrected chi connectivity index (χ1v) is 7.77. The van der Waals surface area contributed by atoms with Crippen LogP contribution >= 0.6 is 11.8 Å². The van der Waals surface area contributed by atoms with E-state index in [1.807, 2.05) is 23.9 Å². The van der Waals surface area contributed by atoms with Crippen LogP contribution in [0.3, 0.4) is 0 Å². The molecule has 0 bridgehead atoms. The molecule has 3 aromatic rings. The third kappa shape index (κ3) is 2.54. The fourth-order valence-corrected chi connectivity index (χ4v) is 3.25. The number of rotatable bonds is 4. The molecule has 4 rings (SSSR count). The van der Waals surface area contributed by atoms with E-state index in [2.05, 4.69) is 32.6 Å². The van der Waals surface area contributed by atoms with Gasteiger partial charge in [0.15, 0.2) is 5.82 Å². The number of thioether (sulfide) groups is 1. The van der Waals surface area contributed by atoms with Gasteiger partial charge in [0.25, 0.3) is 5.56 Å². The van der Waals surface area contributed by atoms with E-state index >= 15 is 0 Å². The van der Waals surface area contributed by atoms with Gasteiger partial charge in [0, 0.05) is 22.0 Å². The number of pyridine rings is 1. The van der Waals surface area contributed by atoms with Crippen molar-refractivity contribution < 1.29 is 0 Å². The van der Waals surface area contributed by atoms with Gasteiger partial charge in [-0.15, -0.1) is 11.8 Å². The Morgan fingerprint density at radius 1 is 1.19 bits per heavy atom. The number of hydrogen-bond donors (Lipinski definition) is 3. The van der Waals surface area contributed by atoms with E-state index in [0.29, 0.717) is 11.2 Å². The molecule has 106 valence electrons. The molecule has 0 radical (unpaired) electrons. The number of nitrogens with one attached hydrogen (secondary N) is 3. The lowest BCUT2D eigenvalue weighted by atomic mass is 10.3. The normalized spacial score (nSPS) is 14.5. The van der Waals surface area contributed by atoms with Gasteiger partial charge in [0.05, 0.1) is 5.52 Å². The minimum atomic E-state index is -0.148. The molecular weight excluding hydrogens is 284 g/mol. The van der Waals surface area contributed by atoms with Gasteiger partial charge in [-0.1, -0.05) is 0 Å². The summed E-state index contributed by atoms with van der Waals surface area (Å²) in [6.45, 7) is 0. The smallest absolute Gasteiger partial charge is 0.261 e. The zero-order valence-electron chi connectivity index (χ0n) is 11.2. The number of aromatic amines is 2. The van der Waals surface area contributed by atoms with Crippen LogP contribution in [0.15, 0.2) is 46.2 Å². The van der Waals surface area contributed by atoms with Gasteiger partial charge in [-0.05, 0) is 43.2 Å². The monoisotopic (exact) mass is 298 g/mol. The number of anilines is 2. The molecule has 0 saturated heterocycles. The third-order valence-corrected chi connectivity index (χ3v) is 4.78. The molecule has 2 aromatic heterocycles. The summed E-state index contributed by atoms with van der Waals surface area (Å²) < 4.78 is 0. The molecule has 0 aliphatic heterocycles. The number of aromatic nitrogens is 3. The average molecular weight is 298 g/mol. The molecule has 0 unspecified atom stereocenters. The van der Waals surface area contributed by atoms with Crippen molar-refractivity contribution in [3.63, 3.8) is 0 Å². The summed E-state index contributed by atoms with van der Waals surface area (Å²) in [7, 11) is 0. The van der Waals surface area contributed by atoms with Crippen molar-refractivity contribution >= 4 is 34.2 Å². The fraction of sp³-hybridized carbons (Fsp3) is 0.200. The third-order valence-electron chi connectivity index (χ3n) is 3.43. The van der Waals surface area contributed by atoms with Crippen LogP contribution in [-0.4, -0.2) is 20.4 Å². The Morgan fingerprint density at radius 3 is 2.76 bits per heavy atom. The molecule has 1 aromatic carbocycles. The Labute approximate surface area is 125 Å². The number of benzene rings is 1.